The van der Waals surface area contributed by atoms with Gasteiger partial charge in [-0.05, 0) is 36.1 Å². The molecule has 13 heavy (non-hydrogen) atoms. The number of hydrogen-bond donors (Lipinski definition) is 2. The van der Waals surface area contributed by atoms with Gasteiger partial charge < -0.3 is 5.73 Å². The second-order valence-electron chi connectivity index (χ2n) is 3.23. The molecule has 0 fully saturated rings. The molecule has 0 saturated carbocycles. The monoisotopic (exact) mass is 195 g/mol. The fourth-order valence-corrected chi connectivity index (χ4v) is 1.97. The van der Waals surface area contributed by atoms with Gasteiger partial charge in [-0.3, -0.25) is 0 Å². The standard InChI is InChI=1S/C11H17NS/c1-3-5-9-8(4-2)10(12)6-7-11(9)13/h6-7,13H,3-5,12H2,1-2H3. The zero-order chi connectivity index (χ0) is 9.84. The highest BCUT2D eigenvalue weighted by Gasteiger charge is 2.06. The molecule has 2 N–H and O–H groups in total. The van der Waals surface area contributed by atoms with Crippen LogP contribution in [0.15, 0.2) is 17.0 Å². The minimum Gasteiger partial charge on any atom is -0.398 e. The largest absolute Gasteiger partial charge is 0.398 e. The van der Waals surface area contributed by atoms with Gasteiger partial charge in [0.1, 0.15) is 0 Å². The van der Waals surface area contributed by atoms with Gasteiger partial charge in [0.05, 0.1) is 0 Å². The Labute approximate surface area is 85.8 Å². The van der Waals surface area contributed by atoms with Crippen LogP contribution in [0.1, 0.15) is 31.4 Å². The van der Waals surface area contributed by atoms with Gasteiger partial charge in [-0.25, -0.2) is 0 Å². The van der Waals surface area contributed by atoms with Gasteiger partial charge in [-0.15, -0.1) is 12.6 Å². The fraction of sp³-hybridized carbons (Fsp3) is 0.455. The normalized spacial score (nSPS) is 10.4. The van der Waals surface area contributed by atoms with Crippen LogP contribution >= 0.6 is 12.6 Å². The number of nitrogens with two attached hydrogens (primary N) is 1. The number of anilines is 1. The fourth-order valence-electron chi connectivity index (χ4n) is 1.65. The Kier molecular flexibility index (Phi) is 3.67. The topological polar surface area (TPSA) is 26.0 Å². The van der Waals surface area contributed by atoms with Crippen LogP contribution < -0.4 is 5.73 Å². The first-order chi connectivity index (χ1) is 6.20. The first-order valence-corrected chi connectivity index (χ1v) is 5.24. The van der Waals surface area contributed by atoms with Crippen molar-refractivity contribution in [1.82, 2.24) is 0 Å². The molecule has 0 heterocycles. The molecule has 0 atom stereocenters. The molecule has 0 aliphatic heterocycles. The third kappa shape index (κ3) is 2.19. The van der Waals surface area contributed by atoms with Crippen molar-refractivity contribution < 1.29 is 0 Å². The molecule has 0 unspecified atom stereocenters. The molecule has 1 aromatic carbocycles. The van der Waals surface area contributed by atoms with Crippen molar-refractivity contribution in [2.75, 3.05) is 5.73 Å². The Morgan fingerprint density at radius 1 is 1.23 bits per heavy atom. The summed E-state index contributed by atoms with van der Waals surface area (Å²) in [5.74, 6) is 0. The summed E-state index contributed by atoms with van der Waals surface area (Å²) in [6.45, 7) is 4.31. The summed E-state index contributed by atoms with van der Waals surface area (Å²) < 4.78 is 0. The number of benzene rings is 1. The lowest BCUT2D eigenvalue weighted by Gasteiger charge is -2.12. The lowest BCUT2D eigenvalue weighted by molar-refractivity contribution is 0.879. The SMILES string of the molecule is CCCc1c(S)ccc(N)c1CC. The van der Waals surface area contributed by atoms with Crippen molar-refractivity contribution in [2.24, 2.45) is 0 Å². The Hall–Kier alpha value is -0.630. The summed E-state index contributed by atoms with van der Waals surface area (Å²) in [7, 11) is 0. The van der Waals surface area contributed by atoms with Gasteiger partial charge in [0.2, 0.25) is 0 Å². The number of thiol groups is 1. The summed E-state index contributed by atoms with van der Waals surface area (Å²) in [5, 5.41) is 0. The van der Waals surface area contributed by atoms with Crippen LogP contribution in [0.25, 0.3) is 0 Å². The maximum Gasteiger partial charge on any atom is 0.0350 e. The zero-order valence-corrected chi connectivity index (χ0v) is 9.20. The molecule has 1 aromatic rings. The summed E-state index contributed by atoms with van der Waals surface area (Å²) >= 11 is 4.45. The maximum atomic E-state index is 5.90. The average molecular weight is 195 g/mol. The Morgan fingerprint density at radius 3 is 2.46 bits per heavy atom. The smallest absolute Gasteiger partial charge is 0.0350 e. The number of nitrogen functional groups attached to an aromatic ring is 1. The average Bonchev–Trinajstić information content (AvgIpc) is 2.12. The van der Waals surface area contributed by atoms with E-state index in [1.54, 1.807) is 0 Å². The Bertz CT molecular complexity index is 294. The quantitative estimate of drug-likeness (QED) is 0.562. The predicted octanol–water partition coefficient (Wildman–Crippen LogP) is 3.07. The van der Waals surface area contributed by atoms with Gasteiger partial charge in [0.15, 0.2) is 0 Å². The minimum absolute atomic E-state index is 0.906. The van der Waals surface area contributed by atoms with Crippen LogP contribution in [0.2, 0.25) is 0 Å². The van der Waals surface area contributed by atoms with Gasteiger partial charge in [0.25, 0.3) is 0 Å². The molecule has 0 saturated heterocycles. The van der Waals surface area contributed by atoms with Crippen LogP contribution in [0.5, 0.6) is 0 Å². The van der Waals surface area contributed by atoms with Crippen molar-refractivity contribution >= 4 is 18.3 Å². The Morgan fingerprint density at radius 2 is 1.92 bits per heavy atom. The third-order valence-electron chi connectivity index (χ3n) is 2.30. The molecule has 0 aliphatic rings. The van der Waals surface area contributed by atoms with E-state index in [1.165, 1.54) is 11.1 Å². The molecule has 0 spiro atoms. The Balaban J connectivity index is 3.18. The van der Waals surface area contributed by atoms with Crippen LogP contribution in [0.4, 0.5) is 5.69 Å². The highest BCUT2D eigenvalue weighted by molar-refractivity contribution is 7.80. The van der Waals surface area contributed by atoms with Crippen LogP contribution in [-0.4, -0.2) is 0 Å². The van der Waals surface area contributed by atoms with Crippen LogP contribution in [-0.2, 0) is 12.8 Å². The third-order valence-corrected chi connectivity index (χ3v) is 2.72. The maximum absolute atomic E-state index is 5.90. The molecule has 0 amide bonds. The highest BCUT2D eigenvalue weighted by atomic mass is 32.1. The zero-order valence-electron chi connectivity index (χ0n) is 8.30. The molecule has 0 radical (unpaired) electrons. The van der Waals surface area contributed by atoms with Crippen LogP contribution in [0.3, 0.4) is 0 Å². The van der Waals surface area contributed by atoms with E-state index in [-0.39, 0.29) is 0 Å². The summed E-state index contributed by atoms with van der Waals surface area (Å²) in [6.07, 6.45) is 3.21. The molecule has 0 bridgehead atoms. The van der Waals surface area contributed by atoms with E-state index in [9.17, 15) is 0 Å². The van der Waals surface area contributed by atoms with E-state index in [0.29, 0.717) is 0 Å². The second kappa shape index (κ2) is 4.56. The summed E-state index contributed by atoms with van der Waals surface area (Å²) in [6, 6.07) is 3.93. The molecule has 1 nitrogen and oxygen atoms in total. The van der Waals surface area contributed by atoms with E-state index in [1.807, 2.05) is 12.1 Å². The van der Waals surface area contributed by atoms with Gasteiger partial charge >= 0.3 is 0 Å². The molecule has 2 heteroatoms. The van der Waals surface area contributed by atoms with Crippen molar-refractivity contribution in [3.05, 3.63) is 23.3 Å². The van der Waals surface area contributed by atoms with E-state index in [4.69, 9.17) is 5.73 Å². The van der Waals surface area contributed by atoms with E-state index >= 15 is 0 Å². The van der Waals surface area contributed by atoms with Gasteiger partial charge in [0, 0.05) is 10.6 Å². The first kappa shape index (κ1) is 10.5. The lowest BCUT2D eigenvalue weighted by atomic mass is 9.99. The summed E-state index contributed by atoms with van der Waals surface area (Å²) in [5.41, 5.74) is 9.40. The van der Waals surface area contributed by atoms with E-state index < -0.39 is 0 Å². The summed E-state index contributed by atoms with van der Waals surface area (Å²) in [4.78, 5) is 1.08. The van der Waals surface area contributed by atoms with Gasteiger partial charge in [-0.2, -0.15) is 0 Å². The highest BCUT2D eigenvalue weighted by Crippen LogP contribution is 2.25. The molecule has 1 rings (SSSR count). The predicted molar refractivity (Wildman–Crippen MR) is 61.5 cm³/mol. The molecule has 0 aliphatic carbocycles. The molecular weight excluding hydrogens is 178 g/mol. The second-order valence-corrected chi connectivity index (χ2v) is 3.72. The minimum atomic E-state index is 0.906. The van der Waals surface area contributed by atoms with Crippen molar-refractivity contribution in [3.63, 3.8) is 0 Å². The van der Waals surface area contributed by atoms with Crippen LogP contribution in [0, 0.1) is 0 Å². The number of hydrogen-bond acceptors (Lipinski definition) is 2. The lowest BCUT2D eigenvalue weighted by Crippen LogP contribution is -2.00. The van der Waals surface area contributed by atoms with Gasteiger partial charge in [-0.1, -0.05) is 20.3 Å². The molecule has 0 aromatic heterocycles. The number of rotatable bonds is 3. The first-order valence-electron chi connectivity index (χ1n) is 4.79. The van der Waals surface area contributed by atoms with E-state index in [2.05, 4.69) is 26.5 Å². The van der Waals surface area contributed by atoms with E-state index in [0.717, 1.165) is 29.8 Å². The molecule has 72 valence electrons. The van der Waals surface area contributed by atoms with Crippen molar-refractivity contribution in [1.29, 1.82) is 0 Å². The molecular formula is C11H17NS. The van der Waals surface area contributed by atoms with Crippen molar-refractivity contribution in [2.45, 2.75) is 38.0 Å². The van der Waals surface area contributed by atoms with Crippen molar-refractivity contribution in [3.8, 4) is 0 Å².